The maximum atomic E-state index is 10.9. The molecule has 3 nitrogen and oxygen atoms in total. The van der Waals surface area contributed by atoms with Gasteiger partial charge in [0.15, 0.2) is 10.7 Å². The van der Waals surface area contributed by atoms with Crippen LogP contribution >= 0.6 is 0 Å². The van der Waals surface area contributed by atoms with Gasteiger partial charge in [-0.15, -0.1) is 0 Å². The summed E-state index contributed by atoms with van der Waals surface area (Å²) in [6.07, 6.45) is 3.32. The van der Waals surface area contributed by atoms with Crippen LogP contribution in [0.15, 0.2) is 23.1 Å². The zero-order valence-corrected chi connectivity index (χ0v) is 10.2. The van der Waals surface area contributed by atoms with Crippen molar-refractivity contribution in [3.63, 3.8) is 0 Å². The van der Waals surface area contributed by atoms with Crippen LogP contribution < -0.4 is 0 Å². The Labute approximate surface area is 98.0 Å². The minimum atomic E-state index is -2.47. The van der Waals surface area contributed by atoms with Crippen molar-refractivity contribution in [2.75, 3.05) is 13.6 Å². The van der Waals surface area contributed by atoms with E-state index in [0.717, 1.165) is 18.5 Å². The van der Waals surface area contributed by atoms with Gasteiger partial charge < -0.3 is 4.90 Å². The van der Waals surface area contributed by atoms with E-state index in [1.807, 2.05) is 0 Å². The number of hydrogen-bond donors (Lipinski definition) is 1. The molecule has 1 fully saturated rings. The normalized spacial score (nSPS) is 21.8. The molecule has 0 bridgehead atoms. The summed E-state index contributed by atoms with van der Waals surface area (Å²) < 4.78 is 21.7. The first-order valence-corrected chi connectivity index (χ1v) is 6.70. The third-order valence-corrected chi connectivity index (χ3v) is 3.88. The van der Waals surface area contributed by atoms with E-state index in [-0.39, 0.29) is 0 Å². The number of rotatable bonds is 3. The number of hydrogen-bond acceptors (Lipinski definition) is 3. The Morgan fingerprint density at radius 2 is 2.38 bits per heavy atom. The van der Waals surface area contributed by atoms with Crippen LogP contribution in [0.1, 0.15) is 18.4 Å². The summed E-state index contributed by atoms with van der Waals surface area (Å²) in [6, 6.07) is 8.68. The molecule has 0 aliphatic carbocycles. The molecular weight excluding hydrogens is 222 g/mol. The van der Waals surface area contributed by atoms with Gasteiger partial charge in [-0.2, -0.15) is 0 Å². The molecule has 1 saturated heterocycles. The maximum absolute atomic E-state index is 10.9. The van der Waals surface area contributed by atoms with E-state index in [9.17, 15) is 8.42 Å². The second-order valence-electron chi connectivity index (χ2n) is 4.31. The monoisotopic (exact) mass is 238 g/mol. The fourth-order valence-electron chi connectivity index (χ4n) is 2.22. The highest BCUT2D eigenvalue weighted by molar-refractivity contribution is 7.72. The van der Waals surface area contributed by atoms with Gasteiger partial charge in [0.2, 0.25) is 0 Å². The van der Waals surface area contributed by atoms with Crippen molar-refractivity contribution in [1.29, 1.82) is 0 Å². The quantitative estimate of drug-likeness (QED) is 0.801. The number of thiol groups is 1. The number of likely N-dealkylation sites (tertiary alicyclic amines) is 1. The van der Waals surface area contributed by atoms with Gasteiger partial charge in [-0.3, -0.25) is 0 Å². The number of benzene rings is 1. The molecule has 0 saturated carbocycles. The first-order valence-electron chi connectivity index (χ1n) is 5.52. The van der Waals surface area contributed by atoms with E-state index in [4.69, 9.17) is 0 Å². The summed E-state index contributed by atoms with van der Waals surface area (Å²) >= 11 is 0. The van der Waals surface area contributed by atoms with Gasteiger partial charge in [-0.05, 0) is 56.6 Å². The van der Waals surface area contributed by atoms with Crippen LogP contribution in [-0.2, 0) is 17.1 Å². The van der Waals surface area contributed by atoms with Crippen molar-refractivity contribution in [2.45, 2.75) is 30.2 Å². The van der Waals surface area contributed by atoms with Crippen LogP contribution in [0.25, 0.3) is 0 Å². The standard InChI is InChI=1S/C12H16NO2S/c1-13-7-3-5-11(13)8-10-4-2-6-12(9-10)16(14)15/h2,6,9,11,16H,3,5,7-8H2,1H3/t11-/m1/s1. The lowest BCUT2D eigenvalue weighted by Crippen LogP contribution is -2.26. The van der Waals surface area contributed by atoms with Crippen molar-refractivity contribution in [1.82, 2.24) is 4.90 Å². The van der Waals surface area contributed by atoms with E-state index in [1.165, 1.54) is 12.8 Å². The molecule has 1 heterocycles. The zero-order chi connectivity index (χ0) is 11.5. The highest BCUT2D eigenvalue weighted by Crippen LogP contribution is 2.19. The van der Waals surface area contributed by atoms with Crippen LogP contribution in [0.3, 0.4) is 0 Å². The Morgan fingerprint density at radius 3 is 3.00 bits per heavy atom. The van der Waals surface area contributed by atoms with Crippen LogP contribution in [-0.4, -0.2) is 33.0 Å². The Balaban J connectivity index is 2.12. The topological polar surface area (TPSA) is 37.4 Å². The Morgan fingerprint density at radius 1 is 1.56 bits per heavy atom. The zero-order valence-electron chi connectivity index (χ0n) is 9.35. The minimum absolute atomic E-state index is 0.393. The third-order valence-electron chi connectivity index (χ3n) is 3.18. The first-order chi connectivity index (χ1) is 7.66. The van der Waals surface area contributed by atoms with Crippen molar-refractivity contribution < 1.29 is 8.42 Å². The average Bonchev–Trinajstić information content (AvgIpc) is 2.65. The molecule has 0 N–H and O–H groups in total. The number of nitrogens with zero attached hydrogens (tertiary/aromatic N) is 1. The smallest absolute Gasteiger partial charge is 0.168 e. The molecule has 0 spiro atoms. The van der Waals surface area contributed by atoms with E-state index < -0.39 is 10.7 Å². The summed E-state index contributed by atoms with van der Waals surface area (Å²) in [4.78, 5) is 2.72. The Bertz CT molecular complexity index is 434. The summed E-state index contributed by atoms with van der Waals surface area (Å²) in [5, 5.41) is 0. The molecule has 1 atom stereocenters. The van der Waals surface area contributed by atoms with Crippen LogP contribution in [0, 0.1) is 6.07 Å². The van der Waals surface area contributed by atoms with E-state index in [2.05, 4.69) is 18.0 Å². The molecule has 1 aromatic rings. The summed E-state index contributed by atoms with van der Waals surface area (Å²) in [5.41, 5.74) is 0.996. The summed E-state index contributed by atoms with van der Waals surface area (Å²) in [7, 11) is -0.354. The molecule has 87 valence electrons. The molecule has 1 aromatic carbocycles. The fourth-order valence-corrected chi connectivity index (χ4v) is 2.68. The van der Waals surface area contributed by atoms with Gasteiger partial charge in [0.25, 0.3) is 0 Å². The van der Waals surface area contributed by atoms with Gasteiger partial charge in [0.05, 0.1) is 4.90 Å². The van der Waals surface area contributed by atoms with Crippen molar-refractivity contribution >= 4 is 10.7 Å². The van der Waals surface area contributed by atoms with Crippen LogP contribution in [0.2, 0.25) is 0 Å². The predicted molar refractivity (Wildman–Crippen MR) is 63.2 cm³/mol. The van der Waals surface area contributed by atoms with E-state index >= 15 is 0 Å². The lowest BCUT2D eigenvalue weighted by molar-refractivity contribution is 0.309. The van der Waals surface area contributed by atoms with E-state index in [1.54, 1.807) is 18.2 Å². The van der Waals surface area contributed by atoms with Crippen molar-refractivity contribution in [3.8, 4) is 0 Å². The molecule has 1 aliphatic heterocycles. The van der Waals surface area contributed by atoms with E-state index in [0.29, 0.717) is 10.9 Å². The second kappa shape index (κ2) is 4.97. The molecule has 4 heteroatoms. The third kappa shape index (κ3) is 2.62. The highest BCUT2D eigenvalue weighted by atomic mass is 32.2. The van der Waals surface area contributed by atoms with Crippen molar-refractivity contribution in [3.05, 3.63) is 29.8 Å². The molecule has 0 unspecified atom stereocenters. The summed E-state index contributed by atoms with van der Waals surface area (Å²) in [6.45, 7) is 1.14. The largest absolute Gasteiger partial charge is 0.303 e. The van der Waals surface area contributed by atoms with Gasteiger partial charge in [0, 0.05) is 6.04 Å². The Kier molecular flexibility index (Phi) is 3.61. The lowest BCUT2D eigenvalue weighted by Gasteiger charge is -2.19. The summed E-state index contributed by atoms with van der Waals surface area (Å²) in [5.74, 6) is 0. The molecular formula is C12H16NO2S. The van der Waals surface area contributed by atoms with Crippen LogP contribution in [0.4, 0.5) is 0 Å². The predicted octanol–water partition coefficient (Wildman–Crippen LogP) is 1.09. The van der Waals surface area contributed by atoms with Crippen molar-refractivity contribution in [2.24, 2.45) is 0 Å². The fraction of sp³-hybridized carbons (Fsp3) is 0.500. The van der Waals surface area contributed by atoms with Gasteiger partial charge >= 0.3 is 0 Å². The first kappa shape index (κ1) is 11.6. The molecule has 0 aromatic heterocycles. The molecule has 1 radical (unpaired) electrons. The molecule has 0 amide bonds. The van der Waals surface area contributed by atoms with Gasteiger partial charge in [0.1, 0.15) is 0 Å². The van der Waals surface area contributed by atoms with Gasteiger partial charge in [-0.1, -0.05) is 6.07 Å². The number of likely N-dealkylation sites (N-methyl/N-ethyl adjacent to an activating group) is 1. The average molecular weight is 238 g/mol. The minimum Gasteiger partial charge on any atom is -0.303 e. The SMILES string of the molecule is CN1CCC[C@@H]1Cc1[c]ccc([SH](=O)=O)c1. The highest BCUT2D eigenvalue weighted by Gasteiger charge is 2.20. The molecule has 2 rings (SSSR count). The van der Waals surface area contributed by atoms with Crippen LogP contribution in [0.5, 0.6) is 0 Å². The molecule has 16 heavy (non-hydrogen) atoms. The van der Waals surface area contributed by atoms with Gasteiger partial charge in [-0.25, -0.2) is 8.42 Å². The molecule has 1 aliphatic rings. The Hall–Kier alpha value is -0.870. The lowest BCUT2D eigenvalue weighted by atomic mass is 10.0. The maximum Gasteiger partial charge on any atom is 0.168 e. The second-order valence-corrected chi connectivity index (χ2v) is 5.34.